The maximum Gasteiger partial charge on any atom is 0.253 e. The molecule has 1 unspecified atom stereocenters. The van der Waals surface area contributed by atoms with Crippen molar-refractivity contribution in [2.45, 2.75) is 9.96 Å². The van der Waals surface area contributed by atoms with E-state index in [1.807, 2.05) is 0 Å². The number of hydrogen-bond acceptors (Lipinski definition) is 3. The summed E-state index contributed by atoms with van der Waals surface area (Å²) in [4.78, 5) is 11.1. The predicted molar refractivity (Wildman–Crippen MR) is 85.7 cm³/mol. The van der Waals surface area contributed by atoms with Gasteiger partial charge in [-0.3, -0.25) is 4.79 Å². The zero-order valence-corrected chi connectivity index (χ0v) is 13.5. The highest BCUT2D eigenvalue weighted by Crippen LogP contribution is 2.29. The van der Waals surface area contributed by atoms with Crippen LogP contribution in [0.1, 0.15) is 0 Å². The first-order chi connectivity index (χ1) is 9.72. The molecular weight excluding hydrogens is 364 g/mol. The quantitative estimate of drug-likeness (QED) is 0.370. The Bertz CT molecular complexity index is 528. The molecule has 0 aliphatic rings. The highest BCUT2D eigenvalue weighted by Gasteiger charge is 2.34. The number of thiocarbonyl (C=S) groups is 1. The van der Waals surface area contributed by atoms with Crippen LogP contribution in [0.25, 0.3) is 0 Å². The Morgan fingerprint density at radius 3 is 2.57 bits per heavy atom. The number of phenols is 1. The van der Waals surface area contributed by atoms with Crippen LogP contribution >= 0.6 is 47.0 Å². The zero-order chi connectivity index (χ0) is 16.0. The molecule has 0 heterocycles. The second-order valence-corrected chi connectivity index (χ2v) is 6.60. The molecule has 21 heavy (non-hydrogen) atoms. The third-order valence-electron chi connectivity index (χ3n) is 2.13. The highest BCUT2D eigenvalue weighted by molar-refractivity contribution is 7.80. The molecule has 10 heteroatoms. The summed E-state index contributed by atoms with van der Waals surface area (Å²) in [7, 11) is 0. The maximum atomic E-state index is 12.2. The molecule has 0 fully saturated rings. The van der Waals surface area contributed by atoms with Crippen molar-refractivity contribution in [1.82, 2.24) is 10.6 Å². The molecular formula is C11H11Cl3FN3O2S. The fraction of sp³-hybridized carbons (Fsp3) is 0.273. The van der Waals surface area contributed by atoms with Gasteiger partial charge in [-0.25, -0.2) is 4.39 Å². The van der Waals surface area contributed by atoms with Gasteiger partial charge >= 0.3 is 0 Å². The zero-order valence-electron chi connectivity index (χ0n) is 10.4. The van der Waals surface area contributed by atoms with E-state index < -0.39 is 22.5 Å². The Balaban J connectivity index is 2.70. The van der Waals surface area contributed by atoms with Gasteiger partial charge in [0.1, 0.15) is 11.9 Å². The number of alkyl halides is 4. The Morgan fingerprint density at radius 2 is 2.05 bits per heavy atom. The fourth-order valence-corrected chi connectivity index (χ4v) is 1.84. The molecule has 0 saturated heterocycles. The summed E-state index contributed by atoms with van der Waals surface area (Å²) in [5.74, 6) is -0.926. The molecule has 0 saturated carbocycles. The van der Waals surface area contributed by atoms with Gasteiger partial charge in [0.2, 0.25) is 3.79 Å². The van der Waals surface area contributed by atoms with Gasteiger partial charge in [-0.1, -0.05) is 40.9 Å². The van der Waals surface area contributed by atoms with Crippen molar-refractivity contribution in [3.05, 3.63) is 24.3 Å². The minimum Gasteiger partial charge on any atom is -0.508 e. The number of phenolic OH excluding ortho intramolecular Hbond substituents is 1. The summed E-state index contributed by atoms with van der Waals surface area (Å²) in [6, 6.07) is 6.13. The molecule has 116 valence electrons. The lowest BCUT2D eigenvalue weighted by Crippen LogP contribution is -2.56. The van der Waals surface area contributed by atoms with Gasteiger partial charge in [-0.05, 0) is 24.4 Å². The average molecular weight is 375 g/mol. The summed E-state index contributed by atoms with van der Waals surface area (Å²) in [5.41, 5.74) is 0.479. The van der Waals surface area contributed by atoms with Gasteiger partial charge in [0.25, 0.3) is 5.91 Å². The smallest absolute Gasteiger partial charge is 0.253 e. The number of carbonyl (C=O) groups is 1. The van der Waals surface area contributed by atoms with E-state index in [1.54, 1.807) is 12.1 Å². The lowest BCUT2D eigenvalue weighted by molar-refractivity contribution is -0.122. The van der Waals surface area contributed by atoms with Crippen molar-refractivity contribution in [2.24, 2.45) is 0 Å². The van der Waals surface area contributed by atoms with E-state index in [1.165, 1.54) is 12.1 Å². The van der Waals surface area contributed by atoms with Crippen LogP contribution in [0.5, 0.6) is 5.75 Å². The first kappa shape index (κ1) is 18.0. The minimum atomic E-state index is -1.95. The van der Waals surface area contributed by atoms with Crippen molar-refractivity contribution in [1.29, 1.82) is 0 Å². The van der Waals surface area contributed by atoms with E-state index in [0.717, 1.165) is 0 Å². The van der Waals surface area contributed by atoms with E-state index in [4.69, 9.17) is 47.0 Å². The molecule has 4 N–H and O–H groups in total. The average Bonchev–Trinajstić information content (AvgIpc) is 2.36. The van der Waals surface area contributed by atoms with E-state index in [9.17, 15) is 14.3 Å². The van der Waals surface area contributed by atoms with Crippen molar-refractivity contribution in [3.8, 4) is 5.75 Å². The minimum absolute atomic E-state index is 0.0103. The topological polar surface area (TPSA) is 73.4 Å². The van der Waals surface area contributed by atoms with Crippen LogP contribution in [0, 0.1) is 0 Å². The number of benzene rings is 1. The van der Waals surface area contributed by atoms with Crippen LogP contribution in [-0.4, -0.2) is 32.8 Å². The second-order valence-electron chi connectivity index (χ2n) is 3.82. The van der Waals surface area contributed by atoms with Crippen LogP contribution in [0.15, 0.2) is 24.3 Å². The Kier molecular flexibility index (Phi) is 6.73. The maximum absolute atomic E-state index is 12.2. The van der Waals surface area contributed by atoms with Crippen LogP contribution in [0.3, 0.4) is 0 Å². The van der Waals surface area contributed by atoms with E-state index >= 15 is 0 Å². The number of carbonyl (C=O) groups excluding carboxylic acids is 1. The number of rotatable bonds is 4. The number of amides is 1. The Morgan fingerprint density at radius 1 is 1.38 bits per heavy atom. The molecule has 0 aliphatic carbocycles. The molecule has 0 aliphatic heterocycles. The highest BCUT2D eigenvalue weighted by atomic mass is 35.6. The van der Waals surface area contributed by atoms with Crippen molar-refractivity contribution in [2.75, 3.05) is 12.0 Å². The summed E-state index contributed by atoms with van der Waals surface area (Å²) in [5, 5.41) is 16.7. The molecule has 1 amide bonds. The second kappa shape index (κ2) is 7.84. The SMILES string of the molecule is O=C(CF)NC(NC(=S)Nc1cccc(O)c1)C(Cl)(Cl)Cl. The number of aromatic hydroxyl groups is 1. The van der Waals surface area contributed by atoms with E-state index in [0.29, 0.717) is 5.69 Å². The van der Waals surface area contributed by atoms with Gasteiger partial charge in [-0.2, -0.15) is 0 Å². The normalized spacial score (nSPS) is 12.4. The van der Waals surface area contributed by atoms with Crippen LogP contribution < -0.4 is 16.0 Å². The molecule has 0 aromatic heterocycles. The van der Waals surface area contributed by atoms with Crippen LogP contribution in [-0.2, 0) is 4.79 Å². The van der Waals surface area contributed by atoms with E-state index in [-0.39, 0.29) is 10.9 Å². The molecule has 0 radical (unpaired) electrons. The first-order valence-electron chi connectivity index (χ1n) is 5.51. The standard InChI is InChI=1S/C11H11Cl3FN3O2S/c12-11(13,14)9(17-8(20)5-15)18-10(21)16-6-2-1-3-7(19)4-6/h1-4,9,19H,5H2,(H,17,20)(H2,16,18,21). The predicted octanol–water partition coefficient (Wildman–Crippen LogP) is 2.46. The van der Waals surface area contributed by atoms with Crippen molar-refractivity contribution >= 4 is 63.7 Å². The number of anilines is 1. The van der Waals surface area contributed by atoms with E-state index in [2.05, 4.69) is 16.0 Å². The van der Waals surface area contributed by atoms with Crippen LogP contribution in [0.4, 0.5) is 10.1 Å². The van der Waals surface area contributed by atoms with Gasteiger partial charge in [0, 0.05) is 11.8 Å². The summed E-state index contributed by atoms with van der Waals surface area (Å²) in [6.07, 6.45) is -1.23. The molecule has 1 aromatic rings. The molecule has 1 rings (SSSR count). The molecule has 5 nitrogen and oxygen atoms in total. The molecule has 1 aromatic carbocycles. The number of nitrogens with one attached hydrogen (secondary N) is 3. The third kappa shape index (κ3) is 6.52. The van der Waals surface area contributed by atoms with Gasteiger partial charge < -0.3 is 21.1 Å². The van der Waals surface area contributed by atoms with Gasteiger partial charge in [0.15, 0.2) is 11.8 Å². The fourth-order valence-electron chi connectivity index (χ4n) is 1.28. The lowest BCUT2D eigenvalue weighted by atomic mass is 10.3. The summed E-state index contributed by atoms with van der Waals surface area (Å²) in [6.45, 7) is -1.26. The lowest BCUT2D eigenvalue weighted by Gasteiger charge is -2.27. The number of hydrogen-bond donors (Lipinski definition) is 4. The number of halogens is 4. The molecule has 1 atom stereocenters. The van der Waals surface area contributed by atoms with Gasteiger partial charge in [-0.15, -0.1) is 0 Å². The largest absolute Gasteiger partial charge is 0.508 e. The Hall–Kier alpha value is -1.02. The van der Waals surface area contributed by atoms with Crippen molar-refractivity contribution < 1.29 is 14.3 Å². The summed E-state index contributed by atoms with van der Waals surface area (Å²) < 4.78 is 10.3. The monoisotopic (exact) mass is 373 g/mol. The Labute approximate surface area is 140 Å². The van der Waals surface area contributed by atoms with Gasteiger partial charge in [0.05, 0.1) is 0 Å². The molecule has 0 bridgehead atoms. The third-order valence-corrected chi connectivity index (χ3v) is 3.01. The van der Waals surface area contributed by atoms with Crippen LogP contribution in [0.2, 0.25) is 0 Å². The van der Waals surface area contributed by atoms with Crippen molar-refractivity contribution in [3.63, 3.8) is 0 Å². The first-order valence-corrected chi connectivity index (χ1v) is 7.05. The summed E-state index contributed by atoms with van der Waals surface area (Å²) >= 11 is 22.0. The molecule has 0 spiro atoms.